The lowest BCUT2D eigenvalue weighted by Gasteiger charge is -2.23. The maximum absolute atomic E-state index is 12.6. The number of para-hydroxylation sites is 1. The zero-order chi connectivity index (χ0) is 21.0. The molecule has 1 aromatic heterocycles. The number of carbonyl (C=O) groups is 2. The van der Waals surface area contributed by atoms with Crippen LogP contribution in [0.3, 0.4) is 0 Å². The molecule has 148 valence electrons. The number of hydrogen-bond donors (Lipinski definition) is 2. The summed E-state index contributed by atoms with van der Waals surface area (Å²) in [6.45, 7) is 7.98. The second kappa shape index (κ2) is 8.27. The largest absolute Gasteiger partial charge is 0.355 e. The molecule has 2 aromatic carbocycles. The van der Waals surface area contributed by atoms with Crippen molar-refractivity contribution in [3.63, 3.8) is 0 Å². The van der Waals surface area contributed by atoms with Crippen LogP contribution < -0.4 is 10.6 Å². The second-order valence-corrected chi connectivity index (χ2v) is 7.94. The molecule has 0 spiro atoms. The first-order valence-corrected chi connectivity index (χ1v) is 9.49. The number of amides is 1. The van der Waals surface area contributed by atoms with Gasteiger partial charge in [-0.15, -0.1) is 0 Å². The van der Waals surface area contributed by atoms with E-state index in [1.807, 2.05) is 24.3 Å². The second-order valence-electron chi connectivity index (χ2n) is 7.94. The Kier molecular flexibility index (Phi) is 5.78. The van der Waals surface area contributed by atoms with Crippen LogP contribution in [0.5, 0.6) is 0 Å². The number of ketones is 1. The Bertz CT molecular complexity index is 1050. The molecule has 0 aliphatic heterocycles. The molecule has 0 saturated heterocycles. The number of benzene rings is 2. The third-order valence-electron chi connectivity index (χ3n) is 4.53. The summed E-state index contributed by atoms with van der Waals surface area (Å²) in [5.41, 5.74) is 4.33. The van der Waals surface area contributed by atoms with Crippen LogP contribution in [-0.2, 0) is 5.41 Å². The summed E-state index contributed by atoms with van der Waals surface area (Å²) in [5.74, 6) is -0.388. The van der Waals surface area contributed by atoms with Gasteiger partial charge in [0, 0.05) is 28.8 Å². The summed E-state index contributed by atoms with van der Waals surface area (Å²) in [7, 11) is 0. The molecule has 0 aliphatic rings. The molecule has 0 atom stereocenters. The van der Waals surface area contributed by atoms with Gasteiger partial charge in [0.25, 0.3) is 5.91 Å². The molecule has 0 radical (unpaired) electrons. The van der Waals surface area contributed by atoms with Gasteiger partial charge in [0.2, 0.25) is 0 Å². The minimum atomic E-state index is -0.335. The number of nitrogens with one attached hydrogen (secondary N) is 2. The van der Waals surface area contributed by atoms with Crippen LogP contribution in [0.2, 0.25) is 0 Å². The van der Waals surface area contributed by atoms with Crippen LogP contribution in [0, 0.1) is 0 Å². The smallest absolute Gasteiger partial charge is 0.274 e. The first-order valence-electron chi connectivity index (χ1n) is 9.49. The number of anilines is 3. The van der Waals surface area contributed by atoms with Crippen molar-refractivity contribution >= 4 is 28.8 Å². The van der Waals surface area contributed by atoms with E-state index in [0.717, 1.165) is 11.4 Å². The van der Waals surface area contributed by atoms with E-state index in [2.05, 4.69) is 42.5 Å². The third kappa shape index (κ3) is 5.08. The summed E-state index contributed by atoms with van der Waals surface area (Å²) in [4.78, 5) is 28.4. The van der Waals surface area contributed by atoms with E-state index < -0.39 is 0 Å². The van der Waals surface area contributed by atoms with Crippen molar-refractivity contribution in [2.24, 2.45) is 0 Å². The highest BCUT2D eigenvalue weighted by molar-refractivity contribution is 6.04. The average molecular weight is 387 g/mol. The van der Waals surface area contributed by atoms with Crippen molar-refractivity contribution in [2.45, 2.75) is 33.1 Å². The van der Waals surface area contributed by atoms with Crippen molar-refractivity contribution < 1.29 is 9.59 Å². The molecule has 5 nitrogen and oxygen atoms in total. The van der Waals surface area contributed by atoms with Crippen molar-refractivity contribution in [1.82, 2.24) is 4.98 Å². The highest BCUT2D eigenvalue weighted by Gasteiger charge is 2.18. The van der Waals surface area contributed by atoms with E-state index in [1.54, 1.807) is 36.5 Å². The van der Waals surface area contributed by atoms with E-state index in [9.17, 15) is 9.59 Å². The minimum Gasteiger partial charge on any atom is -0.355 e. The summed E-state index contributed by atoms with van der Waals surface area (Å²) in [5, 5.41) is 6.20. The number of hydrogen-bond acceptors (Lipinski definition) is 4. The highest BCUT2D eigenvalue weighted by Crippen LogP contribution is 2.31. The summed E-state index contributed by atoms with van der Waals surface area (Å²) in [6, 6.07) is 18.5. The molecule has 0 fully saturated rings. The van der Waals surface area contributed by atoms with Crippen molar-refractivity contribution in [2.75, 3.05) is 10.6 Å². The molecule has 1 heterocycles. The predicted octanol–water partition coefficient (Wildman–Crippen LogP) is 5.58. The molecule has 0 aliphatic carbocycles. The van der Waals surface area contributed by atoms with Crippen molar-refractivity contribution in [1.29, 1.82) is 0 Å². The third-order valence-corrected chi connectivity index (χ3v) is 4.53. The Morgan fingerprint density at radius 1 is 0.897 bits per heavy atom. The van der Waals surface area contributed by atoms with E-state index >= 15 is 0 Å². The topological polar surface area (TPSA) is 71.1 Å². The van der Waals surface area contributed by atoms with Gasteiger partial charge >= 0.3 is 0 Å². The van der Waals surface area contributed by atoms with Gasteiger partial charge in [-0.05, 0) is 48.2 Å². The number of Topliss-reactive ketones (excluding diaryl/α,β-unsaturated/α-hetero) is 1. The van der Waals surface area contributed by atoms with Crippen LogP contribution in [0.4, 0.5) is 17.1 Å². The molecule has 0 saturated carbocycles. The summed E-state index contributed by atoms with van der Waals surface area (Å²) in [6.07, 6.45) is 1.60. The fourth-order valence-corrected chi connectivity index (χ4v) is 3.05. The first-order chi connectivity index (χ1) is 13.7. The first kappa shape index (κ1) is 20.3. The zero-order valence-electron chi connectivity index (χ0n) is 17.1. The van der Waals surface area contributed by atoms with Crippen LogP contribution >= 0.6 is 0 Å². The van der Waals surface area contributed by atoms with Gasteiger partial charge in [0.1, 0.15) is 5.69 Å². The van der Waals surface area contributed by atoms with Gasteiger partial charge in [-0.25, -0.2) is 0 Å². The van der Waals surface area contributed by atoms with Gasteiger partial charge in [0.15, 0.2) is 5.78 Å². The quantitative estimate of drug-likeness (QED) is 0.561. The lowest BCUT2D eigenvalue weighted by molar-refractivity contribution is 0.100. The van der Waals surface area contributed by atoms with Crippen LogP contribution in [0.25, 0.3) is 0 Å². The SMILES string of the molecule is CC(=O)c1cccc(NC(=O)c2cc(Nc3ccccc3C(C)(C)C)ccn2)c1. The Morgan fingerprint density at radius 2 is 1.66 bits per heavy atom. The predicted molar refractivity (Wildman–Crippen MR) is 117 cm³/mol. The monoisotopic (exact) mass is 387 g/mol. The van der Waals surface area contributed by atoms with Gasteiger partial charge in [-0.3, -0.25) is 14.6 Å². The van der Waals surface area contributed by atoms with Gasteiger partial charge in [0.05, 0.1) is 0 Å². The maximum Gasteiger partial charge on any atom is 0.274 e. The normalized spacial score (nSPS) is 11.0. The summed E-state index contributed by atoms with van der Waals surface area (Å²) >= 11 is 0. The van der Waals surface area contributed by atoms with E-state index in [1.165, 1.54) is 12.5 Å². The fraction of sp³-hybridized carbons (Fsp3) is 0.208. The number of rotatable bonds is 5. The number of carbonyl (C=O) groups excluding carboxylic acids is 2. The Labute approximate surface area is 171 Å². The van der Waals surface area contributed by atoms with Crippen LogP contribution in [0.15, 0.2) is 66.9 Å². The van der Waals surface area contributed by atoms with Gasteiger partial charge < -0.3 is 10.6 Å². The number of nitrogens with zero attached hydrogens (tertiary/aromatic N) is 1. The highest BCUT2D eigenvalue weighted by atomic mass is 16.2. The van der Waals surface area contributed by atoms with Crippen molar-refractivity contribution in [3.8, 4) is 0 Å². The molecule has 0 unspecified atom stereocenters. The molecule has 3 rings (SSSR count). The van der Waals surface area contributed by atoms with E-state index in [-0.39, 0.29) is 22.8 Å². The summed E-state index contributed by atoms with van der Waals surface area (Å²) < 4.78 is 0. The molecule has 3 aromatic rings. The number of pyridine rings is 1. The molecular formula is C24H25N3O2. The maximum atomic E-state index is 12.6. The van der Waals surface area contributed by atoms with Gasteiger partial charge in [-0.2, -0.15) is 0 Å². The lowest BCUT2D eigenvalue weighted by Crippen LogP contribution is -2.15. The van der Waals surface area contributed by atoms with E-state index in [0.29, 0.717) is 11.3 Å². The molecule has 2 N–H and O–H groups in total. The van der Waals surface area contributed by atoms with Gasteiger partial charge in [-0.1, -0.05) is 51.1 Å². The Morgan fingerprint density at radius 3 is 2.38 bits per heavy atom. The zero-order valence-corrected chi connectivity index (χ0v) is 17.1. The molecule has 0 bridgehead atoms. The lowest BCUT2D eigenvalue weighted by atomic mass is 9.86. The standard InChI is InChI=1S/C24H25N3O2/c1-16(28)17-8-7-9-18(14-17)27-23(29)22-15-19(12-13-25-22)26-21-11-6-5-10-20(21)24(2,3)4/h5-15H,1-4H3,(H,25,26)(H,27,29). The van der Waals surface area contributed by atoms with Crippen LogP contribution in [0.1, 0.15) is 54.1 Å². The molecule has 5 heteroatoms. The average Bonchev–Trinajstić information content (AvgIpc) is 2.68. The Hall–Kier alpha value is -3.47. The molecule has 1 amide bonds. The van der Waals surface area contributed by atoms with Crippen LogP contribution in [-0.4, -0.2) is 16.7 Å². The Balaban J connectivity index is 1.81. The number of aromatic nitrogens is 1. The molecule has 29 heavy (non-hydrogen) atoms. The minimum absolute atomic E-state index is 0.0153. The van der Waals surface area contributed by atoms with E-state index in [4.69, 9.17) is 0 Å². The van der Waals surface area contributed by atoms with Crippen molar-refractivity contribution in [3.05, 3.63) is 83.7 Å². The fourth-order valence-electron chi connectivity index (χ4n) is 3.05. The molecular weight excluding hydrogens is 362 g/mol.